The zero-order valence-corrected chi connectivity index (χ0v) is 11.7. The highest BCUT2D eigenvalue weighted by Gasteiger charge is 2.38. The molecule has 0 saturated carbocycles. The molecular weight excluding hydrogens is 250 g/mol. The summed E-state index contributed by atoms with van der Waals surface area (Å²) in [6, 6.07) is 9.99. The van der Waals surface area contributed by atoms with Crippen LogP contribution in [0, 0.1) is 5.41 Å². The number of nitrogens with one attached hydrogen (secondary N) is 2. The van der Waals surface area contributed by atoms with E-state index in [2.05, 4.69) is 15.6 Å². The lowest BCUT2D eigenvalue weighted by Crippen LogP contribution is -2.39. The molecule has 0 radical (unpaired) electrons. The molecule has 0 aliphatic carbocycles. The standard InChI is InChI=1S/C16H21N3O/c20-15(18-11-13-4-2-1-3-5-13)14-10-16(12-19-14)6-8-17-9-7-16/h1-5,17H,6-12H2,(H,18,20). The topological polar surface area (TPSA) is 53.5 Å². The third-order valence-electron chi connectivity index (χ3n) is 4.37. The molecule has 4 nitrogen and oxygen atoms in total. The van der Waals surface area contributed by atoms with E-state index in [0.29, 0.717) is 6.54 Å². The fourth-order valence-corrected chi connectivity index (χ4v) is 3.05. The van der Waals surface area contributed by atoms with Gasteiger partial charge in [0.2, 0.25) is 0 Å². The second-order valence-corrected chi connectivity index (χ2v) is 5.86. The van der Waals surface area contributed by atoms with Crippen LogP contribution >= 0.6 is 0 Å². The number of hydrogen-bond acceptors (Lipinski definition) is 3. The highest BCUT2D eigenvalue weighted by molar-refractivity contribution is 6.39. The van der Waals surface area contributed by atoms with Gasteiger partial charge in [-0.3, -0.25) is 9.79 Å². The van der Waals surface area contributed by atoms with Crippen molar-refractivity contribution in [3.05, 3.63) is 35.9 Å². The van der Waals surface area contributed by atoms with Gasteiger partial charge in [0.25, 0.3) is 5.91 Å². The van der Waals surface area contributed by atoms with Crippen LogP contribution in [0.15, 0.2) is 35.3 Å². The summed E-state index contributed by atoms with van der Waals surface area (Å²) >= 11 is 0. The molecule has 1 aromatic carbocycles. The number of piperidine rings is 1. The summed E-state index contributed by atoms with van der Waals surface area (Å²) in [5.74, 6) is 0.00395. The first-order valence-electron chi connectivity index (χ1n) is 7.34. The van der Waals surface area contributed by atoms with E-state index < -0.39 is 0 Å². The molecule has 4 heteroatoms. The van der Waals surface area contributed by atoms with E-state index in [1.165, 1.54) is 0 Å². The normalized spacial score (nSPS) is 20.7. The van der Waals surface area contributed by atoms with E-state index in [0.717, 1.165) is 50.2 Å². The molecule has 1 amide bonds. The molecule has 1 saturated heterocycles. The van der Waals surface area contributed by atoms with Crippen molar-refractivity contribution in [2.45, 2.75) is 25.8 Å². The summed E-state index contributed by atoms with van der Waals surface area (Å²) in [6.45, 7) is 3.50. The lowest BCUT2D eigenvalue weighted by molar-refractivity contribution is -0.115. The summed E-state index contributed by atoms with van der Waals surface area (Å²) in [4.78, 5) is 16.7. The third kappa shape index (κ3) is 2.90. The smallest absolute Gasteiger partial charge is 0.265 e. The fraction of sp³-hybridized carbons (Fsp3) is 0.500. The molecule has 2 aliphatic rings. The van der Waals surface area contributed by atoms with E-state index in [1.807, 2.05) is 30.3 Å². The maximum Gasteiger partial charge on any atom is 0.265 e. The van der Waals surface area contributed by atoms with Gasteiger partial charge in [0, 0.05) is 19.5 Å². The van der Waals surface area contributed by atoms with Gasteiger partial charge < -0.3 is 10.6 Å². The van der Waals surface area contributed by atoms with Crippen molar-refractivity contribution in [3.8, 4) is 0 Å². The largest absolute Gasteiger partial charge is 0.347 e. The number of benzene rings is 1. The summed E-state index contributed by atoms with van der Waals surface area (Å²) < 4.78 is 0. The van der Waals surface area contributed by atoms with Gasteiger partial charge in [-0.05, 0) is 36.9 Å². The Morgan fingerprint density at radius 1 is 1.25 bits per heavy atom. The number of hydrogen-bond donors (Lipinski definition) is 2. The van der Waals surface area contributed by atoms with Gasteiger partial charge in [0.1, 0.15) is 5.71 Å². The predicted molar refractivity (Wildman–Crippen MR) is 79.7 cm³/mol. The maximum atomic E-state index is 12.2. The number of rotatable bonds is 3. The van der Waals surface area contributed by atoms with Gasteiger partial charge in [0.15, 0.2) is 0 Å². The number of carbonyl (C=O) groups is 1. The number of nitrogens with zero attached hydrogens (tertiary/aromatic N) is 1. The Balaban J connectivity index is 1.53. The van der Waals surface area contributed by atoms with Crippen molar-refractivity contribution < 1.29 is 4.79 Å². The zero-order chi connectivity index (χ0) is 13.8. The van der Waals surface area contributed by atoms with Crippen molar-refractivity contribution in [3.63, 3.8) is 0 Å². The second kappa shape index (κ2) is 5.75. The molecule has 0 bridgehead atoms. The molecule has 1 aromatic rings. The van der Waals surface area contributed by atoms with Gasteiger partial charge in [-0.2, -0.15) is 0 Å². The summed E-state index contributed by atoms with van der Waals surface area (Å²) in [6.07, 6.45) is 3.10. The zero-order valence-electron chi connectivity index (χ0n) is 11.7. The molecule has 2 heterocycles. The van der Waals surface area contributed by atoms with Crippen LogP contribution in [-0.2, 0) is 11.3 Å². The predicted octanol–water partition coefficient (Wildman–Crippen LogP) is 1.52. The van der Waals surface area contributed by atoms with Crippen molar-refractivity contribution in [1.29, 1.82) is 0 Å². The molecule has 1 fully saturated rings. The molecular formula is C16H21N3O. The number of amides is 1. The number of aliphatic imine (C=N–C) groups is 1. The minimum Gasteiger partial charge on any atom is -0.347 e. The molecule has 0 aromatic heterocycles. The Morgan fingerprint density at radius 2 is 2.00 bits per heavy atom. The first-order valence-corrected chi connectivity index (χ1v) is 7.34. The molecule has 2 N–H and O–H groups in total. The van der Waals surface area contributed by atoms with Crippen molar-refractivity contribution >= 4 is 11.6 Å². The quantitative estimate of drug-likeness (QED) is 0.875. The summed E-state index contributed by atoms with van der Waals surface area (Å²) in [5, 5.41) is 6.35. The lowest BCUT2D eigenvalue weighted by atomic mass is 9.77. The van der Waals surface area contributed by atoms with Crippen LogP contribution in [0.1, 0.15) is 24.8 Å². The lowest BCUT2D eigenvalue weighted by Gasteiger charge is -2.32. The molecule has 20 heavy (non-hydrogen) atoms. The molecule has 3 rings (SSSR count). The Hall–Kier alpha value is -1.68. The Kier molecular flexibility index (Phi) is 3.83. The van der Waals surface area contributed by atoms with Gasteiger partial charge in [-0.1, -0.05) is 30.3 Å². The first kappa shape index (κ1) is 13.3. The van der Waals surface area contributed by atoms with Crippen LogP contribution in [0.2, 0.25) is 0 Å². The van der Waals surface area contributed by atoms with E-state index in [4.69, 9.17) is 0 Å². The average Bonchev–Trinajstić information content (AvgIpc) is 2.90. The molecule has 0 atom stereocenters. The first-order chi connectivity index (χ1) is 9.77. The second-order valence-electron chi connectivity index (χ2n) is 5.86. The minimum atomic E-state index is 0.00395. The maximum absolute atomic E-state index is 12.2. The molecule has 0 unspecified atom stereocenters. The van der Waals surface area contributed by atoms with Crippen molar-refractivity contribution in [1.82, 2.24) is 10.6 Å². The number of carbonyl (C=O) groups excluding carboxylic acids is 1. The highest BCUT2D eigenvalue weighted by Crippen LogP contribution is 2.37. The van der Waals surface area contributed by atoms with E-state index in [-0.39, 0.29) is 11.3 Å². The van der Waals surface area contributed by atoms with Crippen LogP contribution in [-0.4, -0.2) is 31.3 Å². The molecule has 106 valence electrons. The monoisotopic (exact) mass is 271 g/mol. The average molecular weight is 271 g/mol. The van der Waals surface area contributed by atoms with Gasteiger partial charge in [-0.15, -0.1) is 0 Å². The Labute approximate surface area is 119 Å². The highest BCUT2D eigenvalue weighted by atomic mass is 16.1. The van der Waals surface area contributed by atoms with Gasteiger partial charge in [-0.25, -0.2) is 0 Å². The van der Waals surface area contributed by atoms with Crippen LogP contribution in [0.4, 0.5) is 0 Å². The van der Waals surface area contributed by atoms with E-state index >= 15 is 0 Å². The van der Waals surface area contributed by atoms with E-state index in [9.17, 15) is 4.79 Å². The Bertz CT molecular complexity index is 504. The third-order valence-corrected chi connectivity index (χ3v) is 4.37. The molecule has 2 aliphatic heterocycles. The van der Waals surface area contributed by atoms with Crippen molar-refractivity contribution in [2.24, 2.45) is 10.4 Å². The minimum absolute atomic E-state index is 0.00395. The molecule has 1 spiro atoms. The Morgan fingerprint density at radius 3 is 2.75 bits per heavy atom. The van der Waals surface area contributed by atoms with Crippen molar-refractivity contribution in [2.75, 3.05) is 19.6 Å². The van der Waals surface area contributed by atoms with Crippen LogP contribution in [0.25, 0.3) is 0 Å². The summed E-state index contributed by atoms with van der Waals surface area (Å²) in [5.41, 5.74) is 2.11. The SMILES string of the molecule is O=C(NCc1ccccc1)C1=NCC2(CCNCC2)C1. The van der Waals surface area contributed by atoms with Crippen LogP contribution < -0.4 is 10.6 Å². The van der Waals surface area contributed by atoms with Gasteiger partial charge >= 0.3 is 0 Å². The van der Waals surface area contributed by atoms with Gasteiger partial charge in [0.05, 0.1) is 0 Å². The van der Waals surface area contributed by atoms with Crippen LogP contribution in [0.3, 0.4) is 0 Å². The van der Waals surface area contributed by atoms with E-state index in [1.54, 1.807) is 0 Å². The summed E-state index contributed by atoms with van der Waals surface area (Å²) in [7, 11) is 0. The van der Waals surface area contributed by atoms with Crippen LogP contribution in [0.5, 0.6) is 0 Å². The fourth-order valence-electron chi connectivity index (χ4n) is 3.05.